The first-order valence-electron chi connectivity index (χ1n) is 20.1. The smallest absolute Gasteiger partial charge is 0.330 e. The lowest BCUT2D eigenvalue weighted by Crippen LogP contribution is -2.46. The van der Waals surface area contributed by atoms with Crippen LogP contribution in [0.3, 0.4) is 0 Å². The largest absolute Gasteiger partial charge is 0.496 e. The molecule has 2 aliphatic carbocycles. The summed E-state index contributed by atoms with van der Waals surface area (Å²) in [5.74, 6) is 0.303. The molecule has 0 aliphatic heterocycles. The first-order valence-corrected chi connectivity index (χ1v) is 20.1. The van der Waals surface area contributed by atoms with Gasteiger partial charge in [-0.1, -0.05) is 40.0 Å². The Kier molecular flexibility index (Phi) is 20.7. The molecule has 2 N–H and O–H groups in total. The number of unbranched alkanes of at least 4 members (excludes halogenated alkanes) is 4. The summed E-state index contributed by atoms with van der Waals surface area (Å²) in [5.41, 5.74) is 7.80. The number of nitrogens with one attached hydrogen (secondary N) is 2. The fraction of sp³-hybridized carbons (Fsp3) is 0.561. The fourth-order valence-corrected chi connectivity index (χ4v) is 6.43. The van der Waals surface area contributed by atoms with Crippen LogP contribution in [0.15, 0.2) is 88.8 Å². The summed E-state index contributed by atoms with van der Waals surface area (Å²) in [6.07, 6.45) is 14.7. The number of ether oxygens (including phenoxy) is 4. The normalized spacial score (nSPS) is 17.8. The van der Waals surface area contributed by atoms with Crippen molar-refractivity contribution < 1.29 is 38.4 Å². The van der Waals surface area contributed by atoms with Gasteiger partial charge in [0.2, 0.25) is 0 Å². The van der Waals surface area contributed by atoms with Gasteiger partial charge in [-0.05, 0) is 76.2 Å². The number of hydrazine groups is 1. The zero-order valence-corrected chi connectivity index (χ0v) is 34.0. The maximum atomic E-state index is 11.8. The van der Waals surface area contributed by atoms with E-state index in [-0.39, 0.29) is 37.3 Å². The van der Waals surface area contributed by atoms with Crippen LogP contribution >= 0.6 is 0 Å². The van der Waals surface area contributed by atoms with Crippen molar-refractivity contribution in [3.05, 3.63) is 98.8 Å². The van der Waals surface area contributed by atoms with Crippen molar-refractivity contribution in [3.63, 3.8) is 0 Å². The van der Waals surface area contributed by atoms with Crippen molar-refractivity contribution in [1.82, 2.24) is 15.8 Å². The van der Waals surface area contributed by atoms with Crippen LogP contribution in [0.25, 0.3) is 0 Å². The van der Waals surface area contributed by atoms with Gasteiger partial charge >= 0.3 is 17.6 Å². The number of nitrogens with zero attached hydrogens (tertiary/aromatic N) is 5. The molecule has 3 atom stereocenters. The second kappa shape index (κ2) is 25.6. The predicted molar refractivity (Wildman–Crippen MR) is 218 cm³/mol. The van der Waals surface area contributed by atoms with Gasteiger partial charge in [-0.3, -0.25) is 20.2 Å². The van der Waals surface area contributed by atoms with E-state index < -0.39 is 39.2 Å². The Morgan fingerprint density at radius 1 is 0.914 bits per heavy atom. The maximum absolute atomic E-state index is 11.8. The van der Waals surface area contributed by atoms with E-state index in [9.17, 15) is 29.8 Å². The molecule has 1 aromatic rings. The van der Waals surface area contributed by atoms with Gasteiger partial charge in [-0.25, -0.2) is 15.0 Å². The molecule has 3 rings (SSSR count). The second-order valence-corrected chi connectivity index (χ2v) is 14.0. The lowest BCUT2D eigenvalue weighted by atomic mass is 9.89. The highest BCUT2D eigenvalue weighted by atomic mass is 16.6. The average Bonchev–Trinajstić information content (AvgIpc) is 3.21. The number of carbonyl (C=O) groups is 2. The molecule has 0 saturated carbocycles. The molecule has 3 unspecified atom stereocenters. The molecule has 0 heterocycles. The molecule has 17 heteroatoms. The topological polar surface area (TPSA) is 209 Å². The van der Waals surface area contributed by atoms with Crippen LogP contribution in [-0.2, 0) is 28.5 Å². The second-order valence-electron chi connectivity index (χ2n) is 14.0. The van der Waals surface area contributed by atoms with Gasteiger partial charge in [-0.15, -0.1) is 5.11 Å². The lowest BCUT2D eigenvalue weighted by Gasteiger charge is -2.35. The number of hydrogen-bond acceptors (Lipinski definition) is 15. The molecule has 0 saturated heterocycles. The van der Waals surface area contributed by atoms with Gasteiger partial charge in [0.25, 0.3) is 5.69 Å². The molecule has 1 aromatic carbocycles. The number of esters is 2. The molecule has 17 nitrogen and oxygen atoms in total. The van der Waals surface area contributed by atoms with Gasteiger partial charge in [0.05, 0.1) is 48.0 Å². The van der Waals surface area contributed by atoms with Crippen LogP contribution < -0.4 is 10.9 Å². The third-order valence-electron chi connectivity index (χ3n) is 9.50. The standard InChI is InChI=1S/C41H59N7O10/c1-6-20-46(21-7-2)31-16-18-33(30(5)26-31)42-44-35-28-39(56-23-13-11-15-25-58-41(50)9-4)36(29-38(35)55-22-12-10-14-24-57-40(49)8-3)45-43-34-19-17-32(47(51)52)27-37(34)48(53)54/h8-9,17,19,26-28,30,33,36,42,44H,3-4,6-7,10-16,18,20-25,29H2,1-2,5H3. The molecular formula is C41H59N7O10. The first kappa shape index (κ1) is 46.8. The Morgan fingerprint density at radius 2 is 1.53 bits per heavy atom. The van der Waals surface area contributed by atoms with Gasteiger partial charge in [-0.2, -0.15) is 5.11 Å². The summed E-state index contributed by atoms with van der Waals surface area (Å²) in [5, 5.41) is 31.8. The predicted octanol–water partition coefficient (Wildman–Crippen LogP) is 8.19. The number of allylic oxidation sites excluding steroid dienone is 2. The van der Waals surface area contributed by atoms with Crippen LogP contribution in [0.2, 0.25) is 0 Å². The highest BCUT2D eigenvalue weighted by Gasteiger charge is 2.29. The van der Waals surface area contributed by atoms with Gasteiger partial charge < -0.3 is 29.3 Å². The SMILES string of the molecule is C=CC(=O)OCCCCCOC1=CC(NNC2CCC(N(CCC)CCC)=CC2C)=C(OCCCCCOC(=O)C=C)CC1N=Nc1ccc([N+](=O)[O-])cc1[N+](=O)[O-]. The molecule has 0 fully saturated rings. The number of rotatable bonds is 28. The monoisotopic (exact) mass is 809 g/mol. The molecule has 0 amide bonds. The number of hydrogen-bond donors (Lipinski definition) is 2. The van der Waals surface area contributed by atoms with E-state index in [0.29, 0.717) is 62.5 Å². The van der Waals surface area contributed by atoms with Gasteiger partial charge in [0.15, 0.2) is 5.69 Å². The average molecular weight is 810 g/mol. The number of benzene rings is 1. The van der Waals surface area contributed by atoms with Crippen LogP contribution in [0.1, 0.15) is 91.4 Å². The van der Waals surface area contributed by atoms with Crippen molar-refractivity contribution in [2.45, 2.75) is 103 Å². The molecule has 2 aliphatic rings. The van der Waals surface area contributed by atoms with Gasteiger partial charge in [0, 0.05) is 55.5 Å². The highest BCUT2D eigenvalue weighted by Crippen LogP contribution is 2.34. The molecule has 0 radical (unpaired) electrons. The van der Waals surface area contributed by atoms with Crippen molar-refractivity contribution in [2.24, 2.45) is 16.1 Å². The van der Waals surface area contributed by atoms with Crippen LogP contribution in [0.4, 0.5) is 17.1 Å². The maximum Gasteiger partial charge on any atom is 0.330 e. The van der Waals surface area contributed by atoms with Crippen molar-refractivity contribution in [3.8, 4) is 0 Å². The molecule has 0 spiro atoms. The number of nitro groups is 2. The Bertz CT molecular complexity index is 1690. The van der Waals surface area contributed by atoms with Crippen molar-refractivity contribution >= 4 is 29.0 Å². The molecular weight excluding hydrogens is 750 g/mol. The van der Waals surface area contributed by atoms with Crippen LogP contribution in [-0.4, -0.2) is 78.3 Å². The van der Waals surface area contributed by atoms with E-state index in [4.69, 9.17) is 18.9 Å². The van der Waals surface area contributed by atoms with E-state index in [2.05, 4.69) is 66.0 Å². The van der Waals surface area contributed by atoms with E-state index in [1.807, 2.05) is 0 Å². The van der Waals surface area contributed by atoms with Crippen molar-refractivity contribution in [2.75, 3.05) is 39.5 Å². The van der Waals surface area contributed by atoms with Crippen LogP contribution in [0, 0.1) is 26.1 Å². The summed E-state index contributed by atoms with van der Waals surface area (Å²) in [6, 6.07) is 2.55. The Hall–Kier alpha value is -5.58. The fourth-order valence-electron chi connectivity index (χ4n) is 6.43. The molecule has 0 bridgehead atoms. The van der Waals surface area contributed by atoms with Crippen LogP contribution in [0.5, 0.6) is 0 Å². The number of carbonyl (C=O) groups excluding carboxylic acids is 2. The number of non-ortho nitro benzene ring substituents is 1. The molecule has 0 aromatic heterocycles. The highest BCUT2D eigenvalue weighted by molar-refractivity contribution is 5.81. The number of nitro benzene ring substituents is 2. The Morgan fingerprint density at radius 3 is 2.10 bits per heavy atom. The first-order chi connectivity index (χ1) is 28.0. The summed E-state index contributed by atoms with van der Waals surface area (Å²) in [4.78, 5) is 47.0. The Labute approximate surface area is 340 Å². The zero-order chi connectivity index (χ0) is 42.3. The third kappa shape index (κ3) is 15.8. The summed E-state index contributed by atoms with van der Waals surface area (Å²) in [6.45, 7) is 16.6. The van der Waals surface area contributed by atoms with E-state index in [1.54, 1.807) is 6.08 Å². The lowest BCUT2D eigenvalue weighted by molar-refractivity contribution is -0.393. The zero-order valence-electron chi connectivity index (χ0n) is 34.0. The van der Waals surface area contributed by atoms with Gasteiger partial charge in [0.1, 0.15) is 17.6 Å². The van der Waals surface area contributed by atoms with E-state index in [0.717, 1.165) is 69.5 Å². The third-order valence-corrected chi connectivity index (χ3v) is 9.50. The summed E-state index contributed by atoms with van der Waals surface area (Å²) >= 11 is 0. The minimum Gasteiger partial charge on any atom is -0.496 e. The summed E-state index contributed by atoms with van der Waals surface area (Å²) in [7, 11) is 0. The minimum atomic E-state index is -0.746. The molecule has 318 valence electrons. The quantitative estimate of drug-likeness (QED) is 0.0205. The number of azo groups is 1. The van der Waals surface area contributed by atoms with E-state index in [1.165, 1.54) is 11.8 Å². The van der Waals surface area contributed by atoms with E-state index >= 15 is 0 Å². The summed E-state index contributed by atoms with van der Waals surface area (Å²) < 4.78 is 22.8. The molecule has 58 heavy (non-hydrogen) atoms. The van der Waals surface area contributed by atoms with Crippen molar-refractivity contribution in [1.29, 1.82) is 0 Å². The minimum absolute atomic E-state index is 0.119. The Balaban J connectivity index is 1.87.